The molecule has 2 fully saturated rings. The number of hydrogen-bond acceptors (Lipinski definition) is 1. The first-order chi connectivity index (χ1) is 5.77. The molecule has 0 amide bonds. The number of guanidine groups is 1. The van der Waals surface area contributed by atoms with E-state index in [0.29, 0.717) is 11.4 Å². The molecule has 0 aromatic heterocycles. The molecule has 68 valence electrons. The predicted octanol–water partition coefficient (Wildman–Crippen LogP) is 0.711. The van der Waals surface area contributed by atoms with Crippen LogP contribution in [-0.4, -0.2) is 19.6 Å². The summed E-state index contributed by atoms with van der Waals surface area (Å²) >= 11 is 0. The Kier molecular flexibility index (Phi) is 1.74. The van der Waals surface area contributed by atoms with Crippen molar-refractivity contribution < 1.29 is 0 Å². The maximum absolute atomic E-state index is 5.57. The summed E-state index contributed by atoms with van der Waals surface area (Å²) in [6, 6.07) is 0. The summed E-state index contributed by atoms with van der Waals surface area (Å²) in [7, 11) is 1.72. The summed E-state index contributed by atoms with van der Waals surface area (Å²) in [5, 5.41) is 3.18. The lowest BCUT2D eigenvalue weighted by Gasteiger charge is -2.14. The highest BCUT2D eigenvalue weighted by atomic mass is 15.1. The molecular weight excluding hydrogens is 150 g/mol. The van der Waals surface area contributed by atoms with E-state index in [1.165, 1.54) is 25.7 Å². The third-order valence-electron chi connectivity index (χ3n) is 3.20. The highest BCUT2D eigenvalue weighted by Gasteiger charge is 2.53. The third kappa shape index (κ3) is 1.40. The van der Waals surface area contributed by atoms with Gasteiger partial charge in [0.05, 0.1) is 0 Å². The van der Waals surface area contributed by atoms with Crippen LogP contribution in [0, 0.1) is 11.3 Å². The van der Waals surface area contributed by atoms with E-state index in [4.69, 9.17) is 5.73 Å². The smallest absolute Gasteiger partial charge is 0.188 e. The van der Waals surface area contributed by atoms with Gasteiger partial charge in [0.2, 0.25) is 0 Å². The lowest BCUT2D eigenvalue weighted by Crippen LogP contribution is -2.36. The molecule has 0 bridgehead atoms. The number of aliphatic imine (C=N–C) groups is 1. The fourth-order valence-electron chi connectivity index (χ4n) is 1.93. The Bertz CT molecular complexity index is 202. The Morgan fingerprint density at radius 2 is 2.25 bits per heavy atom. The van der Waals surface area contributed by atoms with Gasteiger partial charge in [0.1, 0.15) is 0 Å². The minimum atomic E-state index is 0.585. The summed E-state index contributed by atoms with van der Waals surface area (Å²) in [6.07, 6.45) is 5.65. The van der Waals surface area contributed by atoms with E-state index in [9.17, 15) is 0 Å². The highest BCUT2D eigenvalue weighted by molar-refractivity contribution is 5.77. The van der Waals surface area contributed by atoms with Gasteiger partial charge in [-0.05, 0) is 37.0 Å². The van der Waals surface area contributed by atoms with Crippen LogP contribution in [0.3, 0.4) is 0 Å². The minimum absolute atomic E-state index is 0.585. The van der Waals surface area contributed by atoms with Crippen LogP contribution in [0.2, 0.25) is 0 Å². The van der Waals surface area contributed by atoms with Gasteiger partial charge in [-0.15, -0.1) is 0 Å². The highest BCUT2D eigenvalue weighted by Crippen LogP contribution is 2.60. The Morgan fingerprint density at radius 1 is 1.58 bits per heavy atom. The van der Waals surface area contributed by atoms with Gasteiger partial charge in [0, 0.05) is 13.6 Å². The monoisotopic (exact) mass is 167 g/mol. The van der Waals surface area contributed by atoms with Crippen molar-refractivity contribution in [1.29, 1.82) is 0 Å². The van der Waals surface area contributed by atoms with Crippen molar-refractivity contribution >= 4 is 5.96 Å². The predicted molar refractivity (Wildman–Crippen MR) is 49.9 cm³/mol. The molecule has 0 unspecified atom stereocenters. The summed E-state index contributed by atoms with van der Waals surface area (Å²) in [5.41, 5.74) is 6.19. The van der Waals surface area contributed by atoms with Crippen molar-refractivity contribution in [3.63, 3.8) is 0 Å². The molecule has 2 rings (SSSR count). The van der Waals surface area contributed by atoms with Crippen molar-refractivity contribution in [2.45, 2.75) is 25.7 Å². The first-order valence-corrected chi connectivity index (χ1v) is 4.73. The molecule has 2 saturated carbocycles. The Labute approximate surface area is 73.4 Å². The van der Waals surface area contributed by atoms with Gasteiger partial charge in [0.15, 0.2) is 5.96 Å². The molecule has 0 atom stereocenters. The van der Waals surface area contributed by atoms with Crippen molar-refractivity contribution in [2.24, 2.45) is 22.1 Å². The van der Waals surface area contributed by atoms with Crippen LogP contribution in [0.15, 0.2) is 4.99 Å². The number of nitrogens with zero attached hydrogens (tertiary/aromatic N) is 1. The van der Waals surface area contributed by atoms with Gasteiger partial charge in [0.25, 0.3) is 0 Å². The van der Waals surface area contributed by atoms with E-state index < -0.39 is 0 Å². The van der Waals surface area contributed by atoms with E-state index in [-0.39, 0.29) is 0 Å². The molecule has 0 aliphatic heterocycles. The molecule has 0 heterocycles. The summed E-state index contributed by atoms with van der Waals surface area (Å²) in [6.45, 7) is 1.04. The first kappa shape index (κ1) is 7.90. The lowest BCUT2D eigenvalue weighted by atomic mass is 10.0. The van der Waals surface area contributed by atoms with Gasteiger partial charge in [-0.25, -0.2) is 0 Å². The molecule has 0 radical (unpaired) electrons. The van der Waals surface area contributed by atoms with Crippen LogP contribution >= 0.6 is 0 Å². The van der Waals surface area contributed by atoms with Crippen molar-refractivity contribution in [1.82, 2.24) is 5.32 Å². The fourth-order valence-corrected chi connectivity index (χ4v) is 1.93. The molecule has 3 nitrogen and oxygen atoms in total. The molecule has 12 heavy (non-hydrogen) atoms. The van der Waals surface area contributed by atoms with Crippen molar-refractivity contribution in [3.05, 3.63) is 0 Å². The lowest BCUT2D eigenvalue weighted by molar-refractivity contribution is 0.433. The Balaban J connectivity index is 1.79. The van der Waals surface area contributed by atoms with Crippen LogP contribution in [-0.2, 0) is 0 Å². The zero-order valence-corrected chi connectivity index (χ0v) is 7.64. The van der Waals surface area contributed by atoms with E-state index in [1.807, 2.05) is 0 Å². The molecule has 3 heteroatoms. The zero-order chi connectivity index (χ0) is 8.60. The quantitative estimate of drug-likeness (QED) is 0.480. The third-order valence-corrected chi connectivity index (χ3v) is 3.20. The zero-order valence-electron chi connectivity index (χ0n) is 7.64. The SMILES string of the molecule is CN=C(N)NCC1(C2CC2)CC1. The maximum atomic E-state index is 5.57. The van der Waals surface area contributed by atoms with Crippen LogP contribution in [0.25, 0.3) is 0 Å². The normalized spacial score (nSPS) is 26.9. The van der Waals surface area contributed by atoms with E-state index >= 15 is 0 Å². The number of rotatable bonds is 3. The van der Waals surface area contributed by atoms with Gasteiger partial charge >= 0.3 is 0 Å². The molecule has 0 aromatic rings. The van der Waals surface area contributed by atoms with Gasteiger partial charge in [-0.3, -0.25) is 4.99 Å². The van der Waals surface area contributed by atoms with Crippen LogP contribution < -0.4 is 11.1 Å². The average Bonchev–Trinajstić information content (AvgIpc) is 2.88. The second-order valence-corrected chi connectivity index (χ2v) is 4.10. The van der Waals surface area contributed by atoms with Crippen LogP contribution in [0.1, 0.15) is 25.7 Å². The molecule has 0 saturated heterocycles. The molecule has 0 spiro atoms. The number of nitrogens with two attached hydrogens (primary N) is 1. The van der Waals surface area contributed by atoms with E-state index in [0.717, 1.165) is 12.5 Å². The molecule has 3 N–H and O–H groups in total. The van der Waals surface area contributed by atoms with Gasteiger partial charge in [-0.1, -0.05) is 0 Å². The van der Waals surface area contributed by atoms with Crippen LogP contribution in [0.4, 0.5) is 0 Å². The standard InChI is InChI=1S/C9H17N3/c1-11-8(10)12-6-9(4-5-9)7-2-3-7/h7H,2-6H2,1H3,(H3,10,11,12). The summed E-state index contributed by atoms with van der Waals surface area (Å²) < 4.78 is 0. The largest absolute Gasteiger partial charge is 0.370 e. The first-order valence-electron chi connectivity index (χ1n) is 4.73. The molecule has 2 aliphatic carbocycles. The Morgan fingerprint density at radius 3 is 2.67 bits per heavy atom. The average molecular weight is 167 g/mol. The maximum Gasteiger partial charge on any atom is 0.188 e. The van der Waals surface area contributed by atoms with Gasteiger partial charge < -0.3 is 11.1 Å². The second-order valence-electron chi connectivity index (χ2n) is 4.10. The fraction of sp³-hybridized carbons (Fsp3) is 0.889. The van der Waals surface area contributed by atoms with E-state index in [2.05, 4.69) is 10.3 Å². The van der Waals surface area contributed by atoms with Gasteiger partial charge in [-0.2, -0.15) is 0 Å². The number of nitrogens with one attached hydrogen (secondary N) is 1. The van der Waals surface area contributed by atoms with E-state index in [1.54, 1.807) is 7.05 Å². The minimum Gasteiger partial charge on any atom is -0.370 e. The van der Waals surface area contributed by atoms with Crippen molar-refractivity contribution in [2.75, 3.05) is 13.6 Å². The van der Waals surface area contributed by atoms with Crippen molar-refractivity contribution in [3.8, 4) is 0 Å². The topological polar surface area (TPSA) is 50.4 Å². The second kappa shape index (κ2) is 2.64. The molecule has 0 aromatic carbocycles. The summed E-state index contributed by atoms with van der Waals surface area (Å²) in [5.74, 6) is 1.58. The summed E-state index contributed by atoms with van der Waals surface area (Å²) in [4.78, 5) is 3.88. The Hall–Kier alpha value is -0.730. The number of hydrogen-bond donors (Lipinski definition) is 2. The molecule has 2 aliphatic rings. The molecular formula is C9H17N3. The van der Waals surface area contributed by atoms with Crippen LogP contribution in [0.5, 0.6) is 0 Å².